The Labute approximate surface area is 167 Å². The highest BCUT2D eigenvalue weighted by atomic mass is 16.5. The summed E-state index contributed by atoms with van der Waals surface area (Å²) >= 11 is 0. The standard InChI is InChI=1S/C22H21N5O2/c23-22(28)18-12-25-27-13-16(15-9-14-3-1-2-4-19(14)24-11-15)10-20(27)21(18)26-17-5-7-29-8-6-17/h1-4,9-13,17,26H,5-8H2,(H2,23,28). The van der Waals surface area contributed by atoms with E-state index in [0.29, 0.717) is 18.8 Å². The normalized spacial score (nSPS) is 15.0. The van der Waals surface area contributed by atoms with E-state index in [1.165, 1.54) is 6.20 Å². The van der Waals surface area contributed by atoms with Crippen molar-refractivity contribution < 1.29 is 9.53 Å². The maximum Gasteiger partial charge on any atom is 0.252 e. The number of hydrogen-bond acceptors (Lipinski definition) is 5. The molecule has 1 aliphatic rings. The van der Waals surface area contributed by atoms with Crippen LogP contribution in [0.25, 0.3) is 27.5 Å². The van der Waals surface area contributed by atoms with E-state index < -0.39 is 5.91 Å². The van der Waals surface area contributed by atoms with Crippen LogP contribution in [-0.4, -0.2) is 39.8 Å². The predicted octanol–water partition coefficient (Wildman–Crippen LogP) is 3.24. The number of benzene rings is 1. The summed E-state index contributed by atoms with van der Waals surface area (Å²) in [5.41, 5.74) is 10.5. The second kappa shape index (κ2) is 7.18. The summed E-state index contributed by atoms with van der Waals surface area (Å²) in [6.07, 6.45) is 7.10. The van der Waals surface area contributed by atoms with E-state index in [9.17, 15) is 4.79 Å². The largest absolute Gasteiger partial charge is 0.381 e. The highest BCUT2D eigenvalue weighted by molar-refractivity contribution is 6.02. The van der Waals surface area contributed by atoms with Gasteiger partial charge in [0.05, 0.1) is 28.5 Å². The van der Waals surface area contributed by atoms with Crippen LogP contribution >= 0.6 is 0 Å². The molecule has 1 saturated heterocycles. The molecule has 146 valence electrons. The molecule has 0 saturated carbocycles. The lowest BCUT2D eigenvalue weighted by atomic mass is 10.1. The molecule has 29 heavy (non-hydrogen) atoms. The molecule has 5 rings (SSSR count). The molecule has 0 aliphatic carbocycles. The number of carbonyl (C=O) groups is 1. The number of para-hydroxylation sites is 1. The van der Waals surface area contributed by atoms with Crippen LogP contribution in [0.4, 0.5) is 5.69 Å². The number of primary amides is 1. The van der Waals surface area contributed by atoms with Crippen LogP contribution in [0, 0.1) is 0 Å². The van der Waals surface area contributed by atoms with Gasteiger partial charge in [0, 0.05) is 48.2 Å². The molecule has 4 heterocycles. The zero-order valence-electron chi connectivity index (χ0n) is 15.8. The van der Waals surface area contributed by atoms with E-state index >= 15 is 0 Å². The molecular formula is C22H21N5O2. The number of rotatable bonds is 4. The lowest BCUT2D eigenvalue weighted by molar-refractivity contribution is 0.0904. The third-order valence-electron chi connectivity index (χ3n) is 5.40. The topological polar surface area (TPSA) is 94.5 Å². The Bertz CT molecular complexity index is 1210. The van der Waals surface area contributed by atoms with E-state index in [0.717, 1.165) is 46.1 Å². The average molecular weight is 387 g/mol. The van der Waals surface area contributed by atoms with Crippen molar-refractivity contribution in [2.45, 2.75) is 18.9 Å². The van der Waals surface area contributed by atoms with Crippen molar-refractivity contribution in [1.29, 1.82) is 0 Å². The number of nitrogens with two attached hydrogens (primary N) is 1. The van der Waals surface area contributed by atoms with Gasteiger partial charge in [-0.2, -0.15) is 5.10 Å². The number of pyridine rings is 1. The zero-order chi connectivity index (χ0) is 19.8. The van der Waals surface area contributed by atoms with Gasteiger partial charge < -0.3 is 15.8 Å². The molecule has 4 aromatic rings. The first-order chi connectivity index (χ1) is 14.2. The summed E-state index contributed by atoms with van der Waals surface area (Å²) in [6, 6.07) is 12.4. The molecule has 0 unspecified atom stereocenters. The molecule has 7 nitrogen and oxygen atoms in total. The lowest BCUT2D eigenvalue weighted by Crippen LogP contribution is -2.29. The van der Waals surface area contributed by atoms with Crippen molar-refractivity contribution in [3.8, 4) is 11.1 Å². The number of ether oxygens (including phenoxy) is 1. The van der Waals surface area contributed by atoms with Crippen molar-refractivity contribution in [3.63, 3.8) is 0 Å². The first kappa shape index (κ1) is 17.6. The molecule has 1 amide bonds. The van der Waals surface area contributed by atoms with E-state index in [2.05, 4.69) is 21.5 Å². The Morgan fingerprint density at radius 2 is 1.97 bits per heavy atom. The second-order valence-corrected chi connectivity index (χ2v) is 7.30. The molecule has 0 bridgehead atoms. The van der Waals surface area contributed by atoms with Crippen LogP contribution in [0.15, 0.2) is 55.0 Å². The number of amides is 1. The number of carbonyl (C=O) groups excluding carboxylic acids is 1. The van der Waals surface area contributed by atoms with Crippen molar-refractivity contribution in [2.75, 3.05) is 18.5 Å². The fraction of sp³-hybridized carbons (Fsp3) is 0.227. The molecular weight excluding hydrogens is 366 g/mol. The number of nitrogens with one attached hydrogen (secondary N) is 1. The van der Waals surface area contributed by atoms with Gasteiger partial charge in [-0.15, -0.1) is 0 Å². The zero-order valence-corrected chi connectivity index (χ0v) is 15.8. The van der Waals surface area contributed by atoms with E-state index in [-0.39, 0.29) is 6.04 Å². The number of aromatic nitrogens is 3. The Morgan fingerprint density at radius 1 is 1.14 bits per heavy atom. The number of nitrogens with zero attached hydrogens (tertiary/aromatic N) is 3. The number of fused-ring (bicyclic) bond motifs is 2. The summed E-state index contributed by atoms with van der Waals surface area (Å²) in [5.74, 6) is -0.496. The van der Waals surface area contributed by atoms with Crippen molar-refractivity contribution in [3.05, 3.63) is 60.6 Å². The van der Waals surface area contributed by atoms with E-state index in [1.54, 1.807) is 4.52 Å². The van der Waals surface area contributed by atoms with Gasteiger partial charge in [0.25, 0.3) is 5.91 Å². The molecule has 1 aliphatic heterocycles. The Balaban J connectivity index is 1.61. The highest BCUT2D eigenvalue weighted by Crippen LogP contribution is 2.30. The van der Waals surface area contributed by atoms with Crippen molar-refractivity contribution in [2.24, 2.45) is 5.73 Å². The highest BCUT2D eigenvalue weighted by Gasteiger charge is 2.20. The van der Waals surface area contributed by atoms with Gasteiger partial charge in [-0.25, -0.2) is 4.52 Å². The van der Waals surface area contributed by atoms with E-state index in [4.69, 9.17) is 10.5 Å². The monoisotopic (exact) mass is 387 g/mol. The molecule has 0 spiro atoms. The molecule has 0 radical (unpaired) electrons. The van der Waals surface area contributed by atoms with Crippen LogP contribution in [-0.2, 0) is 4.74 Å². The second-order valence-electron chi connectivity index (χ2n) is 7.30. The minimum atomic E-state index is -0.496. The predicted molar refractivity (Wildman–Crippen MR) is 112 cm³/mol. The van der Waals surface area contributed by atoms with Gasteiger partial charge in [-0.05, 0) is 31.0 Å². The average Bonchev–Trinajstić information content (AvgIpc) is 3.19. The van der Waals surface area contributed by atoms with Crippen molar-refractivity contribution in [1.82, 2.24) is 14.6 Å². The molecule has 3 aromatic heterocycles. The Hall–Kier alpha value is -3.45. The minimum absolute atomic E-state index is 0.230. The summed E-state index contributed by atoms with van der Waals surface area (Å²) in [6.45, 7) is 1.42. The minimum Gasteiger partial charge on any atom is -0.381 e. The van der Waals surface area contributed by atoms with Crippen LogP contribution in [0.2, 0.25) is 0 Å². The lowest BCUT2D eigenvalue weighted by Gasteiger charge is -2.25. The fourth-order valence-electron chi connectivity index (χ4n) is 3.83. The third-order valence-corrected chi connectivity index (χ3v) is 5.40. The van der Waals surface area contributed by atoms with Gasteiger partial charge >= 0.3 is 0 Å². The summed E-state index contributed by atoms with van der Waals surface area (Å²) in [7, 11) is 0. The Morgan fingerprint density at radius 3 is 2.79 bits per heavy atom. The molecule has 3 N–H and O–H groups in total. The molecule has 7 heteroatoms. The first-order valence-corrected chi connectivity index (χ1v) is 9.70. The number of anilines is 1. The maximum absolute atomic E-state index is 12.0. The SMILES string of the molecule is NC(=O)c1cnn2cc(-c3cnc4ccccc4c3)cc2c1NC1CCOCC1. The fourth-order valence-corrected chi connectivity index (χ4v) is 3.83. The van der Waals surface area contributed by atoms with Gasteiger partial charge in [-0.3, -0.25) is 9.78 Å². The van der Waals surface area contributed by atoms with Gasteiger partial charge in [-0.1, -0.05) is 18.2 Å². The molecule has 0 atom stereocenters. The summed E-state index contributed by atoms with van der Waals surface area (Å²) in [4.78, 5) is 16.6. The molecule has 1 fully saturated rings. The van der Waals surface area contributed by atoms with Crippen LogP contribution < -0.4 is 11.1 Å². The van der Waals surface area contributed by atoms with Crippen LogP contribution in [0.3, 0.4) is 0 Å². The maximum atomic E-state index is 12.0. The van der Waals surface area contributed by atoms with Gasteiger partial charge in [0.15, 0.2) is 0 Å². The van der Waals surface area contributed by atoms with Gasteiger partial charge in [0.2, 0.25) is 0 Å². The quantitative estimate of drug-likeness (QED) is 0.561. The first-order valence-electron chi connectivity index (χ1n) is 9.70. The van der Waals surface area contributed by atoms with Crippen molar-refractivity contribution >= 4 is 28.0 Å². The Kier molecular flexibility index (Phi) is 4.37. The number of hydrogen-bond donors (Lipinski definition) is 2. The van der Waals surface area contributed by atoms with Crippen LogP contribution in [0.5, 0.6) is 0 Å². The van der Waals surface area contributed by atoms with Gasteiger partial charge in [0.1, 0.15) is 0 Å². The summed E-state index contributed by atoms with van der Waals surface area (Å²) < 4.78 is 7.22. The van der Waals surface area contributed by atoms with E-state index in [1.807, 2.05) is 42.7 Å². The van der Waals surface area contributed by atoms with Crippen LogP contribution in [0.1, 0.15) is 23.2 Å². The summed E-state index contributed by atoms with van der Waals surface area (Å²) in [5, 5.41) is 8.98. The smallest absolute Gasteiger partial charge is 0.252 e. The molecule has 1 aromatic carbocycles. The third kappa shape index (κ3) is 3.30.